The van der Waals surface area contributed by atoms with E-state index in [0.29, 0.717) is 30.8 Å². The van der Waals surface area contributed by atoms with E-state index in [1.54, 1.807) is 0 Å². The summed E-state index contributed by atoms with van der Waals surface area (Å²) in [7, 11) is 0. The second-order valence-electron chi connectivity index (χ2n) is 6.45. The largest absolute Gasteiger partial charge is 0.464 e. The molecule has 19 heavy (non-hydrogen) atoms. The summed E-state index contributed by atoms with van der Waals surface area (Å²) in [5.74, 6) is 1.37. The number of carbonyl (C=O) groups excluding carboxylic acids is 2. The highest BCUT2D eigenvalue weighted by molar-refractivity contribution is 5.86. The summed E-state index contributed by atoms with van der Waals surface area (Å²) >= 11 is 0. The molecule has 1 saturated carbocycles. The van der Waals surface area contributed by atoms with Crippen molar-refractivity contribution in [2.75, 3.05) is 6.61 Å². The zero-order chi connectivity index (χ0) is 14.0. The number of hydrogen-bond donors (Lipinski definition) is 1. The van der Waals surface area contributed by atoms with Gasteiger partial charge in [0.25, 0.3) is 0 Å². The highest BCUT2D eigenvalue weighted by Gasteiger charge is 2.37. The van der Waals surface area contributed by atoms with E-state index in [0.717, 1.165) is 12.8 Å². The molecule has 0 aromatic carbocycles. The normalized spacial score (nSPS) is 35.3. The minimum Gasteiger partial charge on any atom is -0.464 e. The van der Waals surface area contributed by atoms with Gasteiger partial charge in [-0.05, 0) is 30.6 Å². The molecule has 0 radical (unpaired) electrons. The Morgan fingerprint density at radius 1 is 1.32 bits per heavy atom. The molecule has 1 aliphatic carbocycles. The monoisotopic (exact) mass is 267 g/mol. The Balaban J connectivity index is 2.00. The first-order valence-corrected chi connectivity index (χ1v) is 7.46. The number of rotatable bonds is 3. The summed E-state index contributed by atoms with van der Waals surface area (Å²) in [6.07, 6.45) is 3.87. The van der Waals surface area contributed by atoms with Crippen LogP contribution in [-0.4, -0.2) is 24.5 Å². The second kappa shape index (κ2) is 5.93. The Bertz CT molecular complexity index is 353. The maximum Gasteiger partial charge on any atom is 0.328 e. The molecule has 0 aromatic rings. The molecule has 0 aromatic heterocycles. The summed E-state index contributed by atoms with van der Waals surface area (Å²) < 4.78 is 4.90. The van der Waals surface area contributed by atoms with Gasteiger partial charge in [0.1, 0.15) is 6.04 Å². The van der Waals surface area contributed by atoms with Gasteiger partial charge in [-0.3, -0.25) is 4.79 Å². The Morgan fingerprint density at radius 2 is 2.05 bits per heavy atom. The lowest BCUT2D eigenvalue weighted by atomic mass is 9.69. The molecule has 4 heteroatoms. The fraction of sp³-hybridized carbons (Fsp3) is 0.867. The van der Waals surface area contributed by atoms with Crippen LogP contribution >= 0.6 is 0 Å². The number of amides is 1. The first kappa shape index (κ1) is 14.4. The van der Waals surface area contributed by atoms with Crippen molar-refractivity contribution < 1.29 is 14.3 Å². The summed E-state index contributed by atoms with van der Waals surface area (Å²) in [6, 6.07) is -0.419. The van der Waals surface area contributed by atoms with Crippen molar-refractivity contribution in [3.8, 4) is 0 Å². The lowest BCUT2D eigenvalue weighted by Gasteiger charge is -2.36. The zero-order valence-electron chi connectivity index (χ0n) is 12.1. The van der Waals surface area contributed by atoms with Crippen LogP contribution in [0.2, 0.25) is 0 Å². The van der Waals surface area contributed by atoms with Crippen molar-refractivity contribution in [1.82, 2.24) is 5.32 Å². The molecule has 1 N–H and O–H groups in total. The fourth-order valence-corrected chi connectivity index (χ4v) is 3.41. The van der Waals surface area contributed by atoms with Crippen LogP contribution in [0.5, 0.6) is 0 Å². The van der Waals surface area contributed by atoms with Crippen LogP contribution in [0.4, 0.5) is 0 Å². The molecule has 2 aliphatic rings. The zero-order valence-corrected chi connectivity index (χ0v) is 12.1. The van der Waals surface area contributed by atoms with Gasteiger partial charge in [-0.15, -0.1) is 0 Å². The maximum atomic E-state index is 12.4. The van der Waals surface area contributed by atoms with Crippen molar-refractivity contribution in [2.24, 2.45) is 23.7 Å². The van der Waals surface area contributed by atoms with E-state index in [4.69, 9.17) is 4.74 Å². The Kier molecular flexibility index (Phi) is 4.48. The third-order valence-corrected chi connectivity index (χ3v) is 4.61. The average molecular weight is 267 g/mol. The molecular weight excluding hydrogens is 242 g/mol. The molecular formula is C15H25NO3. The van der Waals surface area contributed by atoms with Crippen LogP contribution < -0.4 is 5.32 Å². The predicted octanol–water partition coefficient (Wildman–Crippen LogP) is 2.13. The van der Waals surface area contributed by atoms with Crippen LogP contribution in [0.3, 0.4) is 0 Å². The van der Waals surface area contributed by atoms with Crippen LogP contribution in [0.15, 0.2) is 0 Å². The van der Waals surface area contributed by atoms with E-state index < -0.39 is 6.04 Å². The summed E-state index contributed by atoms with van der Waals surface area (Å²) in [5.41, 5.74) is 0. The van der Waals surface area contributed by atoms with Crippen LogP contribution in [0.25, 0.3) is 0 Å². The number of nitrogens with one attached hydrogen (secondary N) is 1. The third-order valence-electron chi connectivity index (χ3n) is 4.61. The van der Waals surface area contributed by atoms with Gasteiger partial charge in [0.15, 0.2) is 0 Å². The van der Waals surface area contributed by atoms with Gasteiger partial charge >= 0.3 is 5.97 Å². The van der Waals surface area contributed by atoms with Gasteiger partial charge in [0, 0.05) is 12.3 Å². The Labute approximate surface area is 115 Å². The molecule has 4 atom stereocenters. The standard InChI is InChI=1S/C15H25NO3/c1-9(2)11-5-4-10(3)8-12(11)14(17)16-13-6-7-19-15(13)18/h9-13H,4-8H2,1-3H3,(H,16,17)/t10-,11?,12?,13?/m1/s1. The smallest absolute Gasteiger partial charge is 0.328 e. The number of cyclic esters (lactones) is 1. The van der Waals surface area contributed by atoms with Crippen molar-refractivity contribution >= 4 is 11.9 Å². The number of hydrogen-bond acceptors (Lipinski definition) is 3. The maximum absolute atomic E-state index is 12.4. The van der Waals surface area contributed by atoms with Gasteiger partial charge in [0.2, 0.25) is 5.91 Å². The lowest BCUT2D eigenvalue weighted by molar-refractivity contribution is -0.142. The summed E-state index contributed by atoms with van der Waals surface area (Å²) in [4.78, 5) is 23.9. The number of carbonyl (C=O) groups is 2. The van der Waals surface area contributed by atoms with Crippen LogP contribution in [0, 0.1) is 23.7 Å². The van der Waals surface area contributed by atoms with E-state index in [9.17, 15) is 9.59 Å². The number of ether oxygens (including phenoxy) is 1. The van der Waals surface area contributed by atoms with Crippen LogP contribution in [0.1, 0.15) is 46.5 Å². The minimum absolute atomic E-state index is 0.0501. The van der Waals surface area contributed by atoms with E-state index in [1.807, 2.05) is 0 Å². The summed E-state index contributed by atoms with van der Waals surface area (Å²) in [5, 5.41) is 2.89. The molecule has 1 saturated heterocycles. The van der Waals surface area contributed by atoms with Gasteiger partial charge in [0.05, 0.1) is 6.61 Å². The molecule has 1 aliphatic heterocycles. The molecule has 2 rings (SSSR count). The highest BCUT2D eigenvalue weighted by atomic mass is 16.5. The molecule has 2 fully saturated rings. The number of esters is 1. The van der Waals surface area contributed by atoms with Gasteiger partial charge in [-0.1, -0.05) is 27.2 Å². The first-order valence-electron chi connectivity index (χ1n) is 7.46. The van der Waals surface area contributed by atoms with Crippen molar-refractivity contribution in [1.29, 1.82) is 0 Å². The van der Waals surface area contributed by atoms with Crippen LogP contribution in [-0.2, 0) is 14.3 Å². The molecule has 1 amide bonds. The minimum atomic E-state index is -0.419. The predicted molar refractivity (Wildman–Crippen MR) is 72.3 cm³/mol. The Hall–Kier alpha value is -1.06. The molecule has 0 spiro atoms. The van der Waals surface area contributed by atoms with E-state index in [2.05, 4.69) is 26.1 Å². The van der Waals surface area contributed by atoms with Gasteiger partial charge < -0.3 is 10.1 Å². The molecule has 4 nitrogen and oxygen atoms in total. The van der Waals surface area contributed by atoms with E-state index >= 15 is 0 Å². The highest BCUT2D eigenvalue weighted by Crippen LogP contribution is 2.38. The lowest BCUT2D eigenvalue weighted by Crippen LogP contribution is -2.45. The van der Waals surface area contributed by atoms with Crippen molar-refractivity contribution in [3.63, 3.8) is 0 Å². The van der Waals surface area contributed by atoms with Gasteiger partial charge in [-0.25, -0.2) is 4.79 Å². The van der Waals surface area contributed by atoms with Gasteiger partial charge in [-0.2, -0.15) is 0 Å². The van der Waals surface area contributed by atoms with E-state index in [-0.39, 0.29) is 17.8 Å². The quantitative estimate of drug-likeness (QED) is 0.797. The topological polar surface area (TPSA) is 55.4 Å². The molecule has 3 unspecified atom stereocenters. The van der Waals surface area contributed by atoms with Crippen molar-refractivity contribution in [3.05, 3.63) is 0 Å². The third kappa shape index (κ3) is 3.28. The summed E-state index contributed by atoms with van der Waals surface area (Å²) in [6.45, 7) is 7.01. The molecule has 1 heterocycles. The average Bonchev–Trinajstić information content (AvgIpc) is 2.74. The SMILES string of the molecule is CC(C)C1CC[C@@H](C)CC1C(=O)NC1CCOC1=O. The molecule has 0 bridgehead atoms. The van der Waals surface area contributed by atoms with Crippen molar-refractivity contribution in [2.45, 2.75) is 52.5 Å². The Morgan fingerprint density at radius 3 is 2.63 bits per heavy atom. The second-order valence-corrected chi connectivity index (χ2v) is 6.45. The fourth-order valence-electron chi connectivity index (χ4n) is 3.41. The molecule has 108 valence electrons. The first-order chi connectivity index (χ1) is 8.99. The van der Waals surface area contributed by atoms with E-state index in [1.165, 1.54) is 6.42 Å².